The van der Waals surface area contributed by atoms with Gasteiger partial charge in [0.25, 0.3) is 5.91 Å². The molecule has 2 heterocycles. The van der Waals surface area contributed by atoms with E-state index < -0.39 is 29.8 Å². The monoisotopic (exact) mass is 366 g/mol. The fourth-order valence-electron chi connectivity index (χ4n) is 2.40. The maximum atomic E-state index is 12.5. The number of carbonyl (C=O) groups excluding carboxylic acids is 3. The Morgan fingerprint density at radius 2 is 2.00 bits per heavy atom. The van der Waals surface area contributed by atoms with Crippen molar-refractivity contribution in [3.05, 3.63) is 28.7 Å². The van der Waals surface area contributed by atoms with E-state index >= 15 is 0 Å². The van der Waals surface area contributed by atoms with E-state index in [0.717, 1.165) is 9.37 Å². The molecule has 2 amide bonds. The van der Waals surface area contributed by atoms with E-state index in [9.17, 15) is 14.4 Å². The van der Waals surface area contributed by atoms with Gasteiger partial charge in [-0.15, -0.1) is 0 Å². The highest BCUT2D eigenvalue weighted by atomic mass is 79.9. The Labute approximate surface area is 134 Å². The number of oxime groups is 1. The highest BCUT2D eigenvalue weighted by molar-refractivity contribution is 9.10. The van der Waals surface area contributed by atoms with Crippen molar-refractivity contribution in [2.24, 2.45) is 11.1 Å². The van der Waals surface area contributed by atoms with Crippen molar-refractivity contribution < 1.29 is 24.0 Å². The van der Waals surface area contributed by atoms with Crippen LogP contribution in [0.3, 0.4) is 0 Å². The number of halogens is 1. The first kappa shape index (κ1) is 14.7. The number of ether oxygens (including phenoxy) is 1. The minimum absolute atomic E-state index is 0.147. The second-order valence-corrected chi connectivity index (χ2v) is 5.60. The molecule has 2 unspecified atom stereocenters. The molecule has 7 nitrogen and oxygen atoms in total. The number of amides is 2. The van der Waals surface area contributed by atoms with Crippen molar-refractivity contribution in [3.8, 4) is 0 Å². The Morgan fingerprint density at radius 1 is 1.32 bits per heavy atom. The number of benzene rings is 1. The summed E-state index contributed by atoms with van der Waals surface area (Å²) in [5.74, 6) is -2.87. The Balaban J connectivity index is 1.91. The third kappa shape index (κ3) is 2.19. The molecule has 2 aliphatic rings. The van der Waals surface area contributed by atoms with Crippen LogP contribution in [0.15, 0.2) is 33.9 Å². The van der Waals surface area contributed by atoms with Gasteiger partial charge >= 0.3 is 5.97 Å². The van der Waals surface area contributed by atoms with Gasteiger partial charge in [0.05, 0.1) is 12.3 Å². The number of nitrogens with zero attached hydrogens (tertiary/aromatic N) is 2. The number of esters is 1. The molecule has 1 saturated heterocycles. The van der Waals surface area contributed by atoms with Crippen LogP contribution in [0.2, 0.25) is 0 Å². The molecule has 0 saturated carbocycles. The maximum absolute atomic E-state index is 12.5. The van der Waals surface area contributed by atoms with Gasteiger partial charge < -0.3 is 9.57 Å². The lowest BCUT2D eigenvalue weighted by molar-refractivity contribution is -0.136. The SMILES string of the molecule is CCOC(=O)C1=NOC2C(=O)N(c3ccc(Br)cc3)C(=O)C12. The number of carbonyl (C=O) groups is 3. The molecule has 0 aromatic heterocycles. The lowest BCUT2D eigenvalue weighted by Gasteiger charge is -2.15. The van der Waals surface area contributed by atoms with Crippen LogP contribution in [0.5, 0.6) is 0 Å². The molecular formula is C14H11BrN2O5. The molecule has 0 spiro atoms. The molecule has 2 aliphatic heterocycles. The van der Waals surface area contributed by atoms with Crippen LogP contribution < -0.4 is 4.90 Å². The molecule has 8 heteroatoms. The molecule has 0 bridgehead atoms. The van der Waals surface area contributed by atoms with Crippen molar-refractivity contribution in [2.75, 3.05) is 11.5 Å². The quantitative estimate of drug-likeness (QED) is 0.593. The Kier molecular flexibility index (Phi) is 3.69. The van der Waals surface area contributed by atoms with E-state index in [4.69, 9.17) is 9.57 Å². The molecule has 2 atom stereocenters. The van der Waals surface area contributed by atoms with E-state index in [1.165, 1.54) is 0 Å². The van der Waals surface area contributed by atoms with E-state index in [1.54, 1.807) is 31.2 Å². The first-order valence-electron chi connectivity index (χ1n) is 6.58. The van der Waals surface area contributed by atoms with Gasteiger partial charge in [-0.1, -0.05) is 21.1 Å². The number of rotatable bonds is 3. The minimum Gasteiger partial charge on any atom is -0.461 e. The Hall–Kier alpha value is -2.22. The number of hydrogen-bond acceptors (Lipinski definition) is 6. The number of imide groups is 1. The standard InChI is InChI=1S/C14H11BrN2O5/c1-2-21-14(20)10-9-11(22-16-10)13(19)17(12(9)18)8-5-3-7(15)4-6-8/h3-6,9,11H,2H2,1H3. The highest BCUT2D eigenvalue weighted by Gasteiger charge is 2.58. The van der Waals surface area contributed by atoms with Crippen molar-refractivity contribution >= 4 is 45.1 Å². The summed E-state index contributed by atoms with van der Waals surface area (Å²) in [4.78, 5) is 42.7. The molecule has 1 aromatic rings. The van der Waals surface area contributed by atoms with Crippen molar-refractivity contribution in [2.45, 2.75) is 13.0 Å². The number of anilines is 1. The van der Waals surface area contributed by atoms with Crippen LogP contribution in [0, 0.1) is 5.92 Å². The molecule has 22 heavy (non-hydrogen) atoms. The second kappa shape index (κ2) is 5.53. The summed E-state index contributed by atoms with van der Waals surface area (Å²) in [7, 11) is 0. The number of fused-ring (bicyclic) bond motifs is 1. The summed E-state index contributed by atoms with van der Waals surface area (Å²) < 4.78 is 5.66. The van der Waals surface area contributed by atoms with Crippen LogP contribution in [0.4, 0.5) is 5.69 Å². The summed E-state index contributed by atoms with van der Waals surface area (Å²) in [6.07, 6.45) is -1.10. The summed E-state index contributed by atoms with van der Waals surface area (Å²) in [6.45, 7) is 1.79. The summed E-state index contributed by atoms with van der Waals surface area (Å²) in [5.41, 5.74) is 0.254. The van der Waals surface area contributed by atoms with Gasteiger partial charge in [-0.25, -0.2) is 9.69 Å². The maximum Gasteiger partial charge on any atom is 0.357 e. The predicted octanol–water partition coefficient (Wildman–Crippen LogP) is 1.26. The first-order chi connectivity index (χ1) is 10.5. The molecular weight excluding hydrogens is 356 g/mol. The first-order valence-corrected chi connectivity index (χ1v) is 7.38. The van der Waals surface area contributed by atoms with Crippen molar-refractivity contribution in [1.29, 1.82) is 0 Å². The van der Waals surface area contributed by atoms with Crippen LogP contribution in [0.1, 0.15) is 6.92 Å². The minimum atomic E-state index is -1.10. The Bertz CT molecular complexity index is 685. The van der Waals surface area contributed by atoms with Crippen molar-refractivity contribution in [1.82, 2.24) is 0 Å². The van der Waals surface area contributed by atoms with Gasteiger partial charge in [0, 0.05) is 4.47 Å². The molecule has 114 valence electrons. The summed E-state index contributed by atoms with van der Waals surface area (Å²) >= 11 is 3.29. The molecule has 0 radical (unpaired) electrons. The fourth-order valence-corrected chi connectivity index (χ4v) is 2.66. The summed E-state index contributed by atoms with van der Waals surface area (Å²) in [5, 5.41) is 3.55. The lowest BCUT2D eigenvalue weighted by atomic mass is 10.00. The summed E-state index contributed by atoms with van der Waals surface area (Å²) in [6, 6.07) is 6.68. The van der Waals surface area contributed by atoms with Crippen LogP contribution in [-0.4, -0.2) is 36.2 Å². The third-order valence-corrected chi connectivity index (χ3v) is 3.91. The van der Waals surface area contributed by atoms with E-state index in [-0.39, 0.29) is 12.3 Å². The van der Waals surface area contributed by atoms with Gasteiger partial charge in [0.15, 0.2) is 5.71 Å². The van der Waals surface area contributed by atoms with Gasteiger partial charge in [-0.05, 0) is 31.2 Å². The average molecular weight is 367 g/mol. The second-order valence-electron chi connectivity index (χ2n) is 4.69. The van der Waals surface area contributed by atoms with E-state index in [1.807, 2.05) is 0 Å². The van der Waals surface area contributed by atoms with Gasteiger partial charge in [-0.2, -0.15) is 0 Å². The van der Waals surface area contributed by atoms with Crippen LogP contribution in [0.25, 0.3) is 0 Å². The predicted molar refractivity (Wildman–Crippen MR) is 79.1 cm³/mol. The largest absolute Gasteiger partial charge is 0.461 e. The zero-order chi connectivity index (χ0) is 15.9. The number of hydrogen-bond donors (Lipinski definition) is 0. The lowest BCUT2D eigenvalue weighted by Crippen LogP contribution is -2.34. The van der Waals surface area contributed by atoms with Gasteiger partial charge in [0.1, 0.15) is 5.92 Å². The molecule has 0 aliphatic carbocycles. The van der Waals surface area contributed by atoms with Crippen LogP contribution in [-0.2, 0) is 24.0 Å². The Morgan fingerprint density at radius 3 is 2.64 bits per heavy atom. The van der Waals surface area contributed by atoms with E-state index in [0.29, 0.717) is 5.69 Å². The zero-order valence-electron chi connectivity index (χ0n) is 11.5. The van der Waals surface area contributed by atoms with Gasteiger partial charge in [-0.3, -0.25) is 9.59 Å². The normalized spacial score (nSPS) is 23.2. The molecule has 0 N–H and O–H groups in total. The average Bonchev–Trinajstić information content (AvgIpc) is 3.03. The zero-order valence-corrected chi connectivity index (χ0v) is 13.1. The molecule has 1 aromatic carbocycles. The molecule has 3 rings (SSSR count). The van der Waals surface area contributed by atoms with Crippen molar-refractivity contribution in [3.63, 3.8) is 0 Å². The van der Waals surface area contributed by atoms with E-state index in [2.05, 4.69) is 21.1 Å². The molecule has 1 fully saturated rings. The van der Waals surface area contributed by atoms with Crippen LogP contribution >= 0.6 is 15.9 Å². The third-order valence-electron chi connectivity index (χ3n) is 3.38. The van der Waals surface area contributed by atoms with Gasteiger partial charge in [0.2, 0.25) is 12.0 Å². The topological polar surface area (TPSA) is 85.3 Å². The highest BCUT2D eigenvalue weighted by Crippen LogP contribution is 2.33. The smallest absolute Gasteiger partial charge is 0.357 e. The fraction of sp³-hybridized carbons (Fsp3) is 0.286.